The van der Waals surface area contributed by atoms with Gasteiger partial charge < -0.3 is 15.4 Å². The van der Waals surface area contributed by atoms with Gasteiger partial charge in [0.05, 0.1) is 13.2 Å². The molecule has 0 unspecified atom stereocenters. The Morgan fingerprint density at radius 3 is 2.32 bits per heavy atom. The van der Waals surface area contributed by atoms with E-state index in [4.69, 9.17) is 4.74 Å². The highest BCUT2D eigenvalue weighted by Gasteiger charge is 2.14. The molecular weight excluding hydrogens is 318 g/mol. The molecular formula is C19H29N3O3. The van der Waals surface area contributed by atoms with E-state index in [2.05, 4.69) is 36.3 Å². The van der Waals surface area contributed by atoms with E-state index in [1.807, 2.05) is 24.3 Å². The first kappa shape index (κ1) is 19.4. The lowest BCUT2D eigenvalue weighted by molar-refractivity contribution is -0.126. The molecule has 0 spiro atoms. The highest BCUT2D eigenvalue weighted by Crippen LogP contribution is 2.23. The van der Waals surface area contributed by atoms with Gasteiger partial charge in [-0.2, -0.15) is 0 Å². The molecule has 1 saturated heterocycles. The fourth-order valence-corrected chi connectivity index (χ4v) is 2.65. The van der Waals surface area contributed by atoms with Crippen LogP contribution in [-0.4, -0.2) is 56.1 Å². The average molecular weight is 347 g/mol. The smallest absolute Gasteiger partial charge is 0.233 e. The van der Waals surface area contributed by atoms with Crippen molar-refractivity contribution < 1.29 is 14.3 Å². The zero-order valence-corrected chi connectivity index (χ0v) is 15.4. The van der Waals surface area contributed by atoms with Gasteiger partial charge in [0.25, 0.3) is 0 Å². The summed E-state index contributed by atoms with van der Waals surface area (Å²) in [5.74, 6) is -0.551. The second-order valence-electron chi connectivity index (χ2n) is 7.36. The third-order valence-corrected chi connectivity index (χ3v) is 4.21. The monoisotopic (exact) mass is 347 g/mol. The number of hydrogen-bond acceptors (Lipinski definition) is 4. The maximum Gasteiger partial charge on any atom is 0.233 e. The molecule has 1 fully saturated rings. The van der Waals surface area contributed by atoms with Crippen LogP contribution in [0.3, 0.4) is 0 Å². The molecule has 0 atom stereocenters. The molecule has 0 aromatic heterocycles. The van der Waals surface area contributed by atoms with Crippen LogP contribution in [0.4, 0.5) is 5.69 Å². The van der Waals surface area contributed by atoms with Gasteiger partial charge in [0.15, 0.2) is 0 Å². The van der Waals surface area contributed by atoms with Gasteiger partial charge in [-0.3, -0.25) is 14.5 Å². The van der Waals surface area contributed by atoms with Gasteiger partial charge in [0, 0.05) is 31.9 Å². The lowest BCUT2D eigenvalue weighted by Crippen LogP contribution is -2.41. The van der Waals surface area contributed by atoms with Crippen molar-refractivity contribution in [2.75, 3.05) is 44.7 Å². The molecule has 25 heavy (non-hydrogen) atoms. The molecule has 0 aliphatic carbocycles. The van der Waals surface area contributed by atoms with E-state index >= 15 is 0 Å². The number of ether oxygens (including phenoxy) is 1. The number of nitrogens with one attached hydrogen (secondary N) is 2. The number of benzene rings is 1. The maximum absolute atomic E-state index is 12.0. The number of carbonyl (C=O) groups excluding carboxylic acids is 2. The minimum Gasteiger partial charge on any atom is -0.379 e. The van der Waals surface area contributed by atoms with E-state index in [1.165, 1.54) is 5.56 Å². The van der Waals surface area contributed by atoms with Gasteiger partial charge >= 0.3 is 0 Å². The van der Waals surface area contributed by atoms with Gasteiger partial charge in [-0.05, 0) is 23.1 Å². The van der Waals surface area contributed by atoms with Crippen molar-refractivity contribution in [1.82, 2.24) is 10.2 Å². The van der Waals surface area contributed by atoms with Crippen LogP contribution in [0.15, 0.2) is 24.3 Å². The van der Waals surface area contributed by atoms with Gasteiger partial charge in [-0.1, -0.05) is 32.9 Å². The molecule has 6 nitrogen and oxygen atoms in total. The Labute approximate surface area is 149 Å². The minimum atomic E-state index is -0.299. The summed E-state index contributed by atoms with van der Waals surface area (Å²) in [7, 11) is 0. The zero-order chi connectivity index (χ0) is 18.3. The van der Waals surface area contributed by atoms with Crippen molar-refractivity contribution in [1.29, 1.82) is 0 Å². The van der Waals surface area contributed by atoms with Crippen LogP contribution in [0, 0.1) is 0 Å². The summed E-state index contributed by atoms with van der Waals surface area (Å²) in [4.78, 5) is 26.1. The lowest BCUT2D eigenvalue weighted by atomic mass is 9.87. The normalized spacial score (nSPS) is 15.6. The number of rotatable bonds is 6. The van der Waals surface area contributed by atoms with Gasteiger partial charge in [0.1, 0.15) is 6.42 Å². The fraction of sp³-hybridized carbons (Fsp3) is 0.579. The van der Waals surface area contributed by atoms with Crippen molar-refractivity contribution in [2.45, 2.75) is 32.6 Å². The standard InChI is InChI=1S/C19H29N3O3/c1-19(2,3)15-4-6-16(7-5-15)21-18(24)14-17(23)20-8-9-22-10-12-25-13-11-22/h4-7H,8-14H2,1-3H3,(H,20,23)(H,21,24). The third-order valence-electron chi connectivity index (χ3n) is 4.21. The SMILES string of the molecule is CC(C)(C)c1ccc(NC(=O)CC(=O)NCCN2CCOCC2)cc1. The number of carbonyl (C=O) groups is 2. The van der Waals surface area contributed by atoms with E-state index in [1.54, 1.807) is 0 Å². The molecule has 0 saturated carbocycles. The maximum atomic E-state index is 12.0. The summed E-state index contributed by atoms with van der Waals surface area (Å²) in [6.45, 7) is 11.0. The predicted molar refractivity (Wildman–Crippen MR) is 98.7 cm³/mol. The van der Waals surface area contributed by atoms with Gasteiger partial charge in [0.2, 0.25) is 11.8 Å². The Morgan fingerprint density at radius 2 is 1.72 bits per heavy atom. The molecule has 1 aliphatic rings. The van der Waals surface area contributed by atoms with E-state index in [0.717, 1.165) is 32.8 Å². The van der Waals surface area contributed by atoms with Crippen LogP contribution in [-0.2, 0) is 19.7 Å². The summed E-state index contributed by atoms with van der Waals surface area (Å²) in [6, 6.07) is 7.74. The van der Waals surface area contributed by atoms with Crippen LogP contribution in [0.25, 0.3) is 0 Å². The van der Waals surface area contributed by atoms with Crippen LogP contribution in [0.5, 0.6) is 0 Å². The van der Waals surface area contributed by atoms with Crippen molar-refractivity contribution in [2.24, 2.45) is 0 Å². The molecule has 1 aromatic rings. The lowest BCUT2D eigenvalue weighted by Gasteiger charge is -2.26. The molecule has 6 heteroatoms. The first-order valence-electron chi connectivity index (χ1n) is 8.82. The highest BCUT2D eigenvalue weighted by atomic mass is 16.5. The van der Waals surface area contributed by atoms with Crippen molar-refractivity contribution in [3.63, 3.8) is 0 Å². The minimum absolute atomic E-state index is 0.0723. The Morgan fingerprint density at radius 1 is 1.08 bits per heavy atom. The largest absolute Gasteiger partial charge is 0.379 e. The number of morpholine rings is 1. The number of amides is 2. The first-order valence-corrected chi connectivity index (χ1v) is 8.82. The van der Waals surface area contributed by atoms with E-state index in [0.29, 0.717) is 12.2 Å². The Balaban J connectivity index is 1.69. The van der Waals surface area contributed by atoms with Crippen molar-refractivity contribution >= 4 is 17.5 Å². The number of hydrogen-bond donors (Lipinski definition) is 2. The van der Waals surface area contributed by atoms with Crippen LogP contribution < -0.4 is 10.6 Å². The van der Waals surface area contributed by atoms with Crippen molar-refractivity contribution in [3.8, 4) is 0 Å². The molecule has 2 amide bonds. The van der Waals surface area contributed by atoms with Gasteiger partial charge in [-0.25, -0.2) is 0 Å². The Hall–Kier alpha value is -1.92. The van der Waals surface area contributed by atoms with Gasteiger partial charge in [-0.15, -0.1) is 0 Å². The molecule has 0 bridgehead atoms. The van der Waals surface area contributed by atoms with Crippen LogP contribution >= 0.6 is 0 Å². The Kier molecular flexibility index (Phi) is 6.96. The van der Waals surface area contributed by atoms with E-state index in [9.17, 15) is 9.59 Å². The first-order chi connectivity index (χ1) is 11.8. The zero-order valence-electron chi connectivity index (χ0n) is 15.4. The number of anilines is 1. The summed E-state index contributed by atoms with van der Waals surface area (Å²) >= 11 is 0. The van der Waals surface area contributed by atoms with Crippen molar-refractivity contribution in [3.05, 3.63) is 29.8 Å². The van der Waals surface area contributed by atoms with Crippen LogP contribution in [0.1, 0.15) is 32.8 Å². The summed E-state index contributed by atoms with van der Waals surface area (Å²) in [5.41, 5.74) is 1.98. The number of nitrogens with zero attached hydrogens (tertiary/aromatic N) is 1. The van der Waals surface area contributed by atoms with Crippen LogP contribution in [0.2, 0.25) is 0 Å². The summed E-state index contributed by atoms with van der Waals surface area (Å²) < 4.78 is 5.28. The molecule has 2 rings (SSSR count). The fourth-order valence-electron chi connectivity index (χ4n) is 2.65. The Bertz CT molecular complexity index is 573. The second kappa shape index (κ2) is 8.97. The molecule has 1 aliphatic heterocycles. The third kappa shape index (κ3) is 6.84. The highest BCUT2D eigenvalue weighted by molar-refractivity contribution is 6.03. The average Bonchev–Trinajstić information content (AvgIpc) is 2.55. The summed E-state index contributed by atoms with van der Waals surface area (Å²) in [5, 5.41) is 5.56. The molecule has 0 radical (unpaired) electrons. The summed E-state index contributed by atoms with van der Waals surface area (Å²) in [6.07, 6.45) is -0.163. The predicted octanol–water partition coefficient (Wildman–Crippen LogP) is 1.76. The second-order valence-corrected chi connectivity index (χ2v) is 7.36. The quantitative estimate of drug-likeness (QED) is 0.770. The van der Waals surface area contributed by atoms with E-state index < -0.39 is 0 Å². The molecule has 2 N–H and O–H groups in total. The molecule has 1 heterocycles. The molecule has 1 aromatic carbocycles. The topological polar surface area (TPSA) is 70.7 Å². The van der Waals surface area contributed by atoms with E-state index in [-0.39, 0.29) is 23.7 Å². The molecule has 138 valence electrons.